The summed E-state index contributed by atoms with van der Waals surface area (Å²) in [5.74, 6) is -0.391. The number of aromatic nitrogens is 1. The highest BCUT2D eigenvalue weighted by molar-refractivity contribution is 6.32. The molecule has 0 aliphatic carbocycles. The Morgan fingerprint density at radius 3 is 2.75 bits per heavy atom. The molecule has 0 bridgehead atoms. The molecule has 1 rings (SSSR count). The first kappa shape index (κ1) is 9.29. The summed E-state index contributed by atoms with van der Waals surface area (Å²) in [5.41, 5.74) is -0.0996. The molecular weight excluding hydrogens is 201 g/mol. The van der Waals surface area contributed by atoms with E-state index in [4.69, 9.17) is 23.2 Å². The van der Waals surface area contributed by atoms with E-state index in [1.54, 1.807) is 0 Å². The van der Waals surface area contributed by atoms with Crippen LogP contribution in [0.15, 0.2) is 17.1 Å². The van der Waals surface area contributed by atoms with Crippen LogP contribution in [0, 0.1) is 0 Å². The lowest BCUT2D eigenvalue weighted by Crippen LogP contribution is -2.09. The number of H-pyrrole nitrogens is 1. The van der Waals surface area contributed by atoms with Crippen molar-refractivity contribution in [1.29, 1.82) is 0 Å². The van der Waals surface area contributed by atoms with E-state index in [1.807, 2.05) is 0 Å². The smallest absolute Gasteiger partial charge is 0.266 e. The van der Waals surface area contributed by atoms with Crippen molar-refractivity contribution < 1.29 is 4.79 Å². The highest BCUT2D eigenvalue weighted by Gasteiger charge is 2.05. The number of rotatable bonds is 2. The lowest BCUT2D eigenvalue weighted by molar-refractivity contribution is 0.102. The van der Waals surface area contributed by atoms with Crippen molar-refractivity contribution in [3.63, 3.8) is 0 Å². The summed E-state index contributed by atoms with van der Waals surface area (Å²) in [7, 11) is 0. The van der Waals surface area contributed by atoms with Crippen LogP contribution in [0.25, 0.3) is 0 Å². The topological polar surface area (TPSA) is 49.9 Å². The van der Waals surface area contributed by atoms with Crippen LogP contribution in [0.3, 0.4) is 0 Å². The van der Waals surface area contributed by atoms with Crippen LogP contribution < -0.4 is 5.56 Å². The number of halogens is 2. The molecule has 64 valence electrons. The Bertz CT molecular complexity index is 359. The number of carbonyl (C=O) groups is 1. The van der Waals surface area contributed by atoms with Gasteiger partial charge in [-0.15, -0.1) is 11.6 Å². The molecule has 3 nitrogen and oxygen atoms in total. The maximum atomic E-state index is 11.0. The van der Waals surface area contributed by atoms with Gasteiger partial charge in [0.1, 0.15) is 5.02 Å². The van der Waals surface area contributed by atoms with Crippen molar-refractivity contribution in [1.82, 2.24) is 4.98 Å². The number of hydrogen-bond donors (Lipinski definition) is 1. The molecule has 1 aromatic rings. The van der Waals surface area contributed by atoms with E-state index in [1.165, 1.54) is 12.3 Å². The number of carbonyl (C=O) groups excluding carboxylic acids is 1. The number of pyridine rings is 1. The molecule has 5 heteroatoms. The van der Waals surface area contributed by atoms with E-state index in [2.05, 4.69) is 4.98 Å². The maximum Gasteiger partial charge on any atom is 0.266 e. The predicted octanol–water partition coefficient (Wildman–Crippen LogP) is 1.45. The molecule has 0 saturated heterocycles. The minimum absolute atomic E-state index is 0.00836. The highest BCUT2D eigenvalue weighted by atomic mass is 35.5. The Labute approximate surface area is 78.3 Å². The first-order valence-corrected chi connectivity index (χ1v) is 4.04. The zero-order valence-corrected chi connectivity index (χ0v) is 7.45. The molecule has 0 atom stereocenters. The number of ketones is 1. The Hall–Kier alpha value is -0.800. The van der Waals surface area contributed by atoms with Gasteiger partial charge in [-0.1, -0.05) is 11.6 Å². The molecule has 1 heterocycles. The lowest BCUT2D eigenvalue weighted by Gasteiger charge is -1.95. The van der Waals surface area contributed by atoms with Crippen LogP contribution in [0.1, 0.15) is 10.4 Å². The van der Waals surface area contributed by atoms with Crippen molar-refractivity contribution in [2.75, 3.05) is 5.88 Å². The van der Waals surface area contributed by atoms with Gasteiger partial charge in [0.2, 0.25) is 0 Å². The van der Waals surface area contributed by atoms with Crippen LogP contribution in [-0.2, 0) is 0 Å². The fourth-order valence-corrected chi connectivity index (χ4v) is 1.02. The number of nitrogens with one attached hydrogen (secondary N) is 1. The summed E-state index contributed by atoms with van der Waals surface area (Å²) in [5, 5.41) is -0.00836. The van der Waals surface area contributed by atoms with Crippen LogP contribution in [0.4, 0.5) is 0 Å². The number of Topliss-reactive ketones (excluding diaryl/α,β-unsaturated/α-hetero) is 1. The van der Waals surface area contributed by atoms with Gasteiger partial charge >= 0.3 is 0 Å². The average molecular weight is 206 g/mol. The molecule has 1 aromatic heterocycles. The second-order valence-corrected chi connectivity index (χ2v) is 2.80. The third kappa shape index (κ3) is 1.87. The molecule has 0 spiro atoms. The predicted molar refractivity (Wildman–Crippen MR) is 47.1 cm³/mol. The van der Waals surface area contributed by atoms with Crippen molar-refractivity contribution in [3.8, 4) is 0 Å². The van der Waals surface area contributed by atoms with E-state index in [0.29, 0.717) is 5.56 Å². The summed E-state index contributed by atoms with van der Waals surface area (Å²) in [6.07, 6.45) is 1.29. The first-order valence-electron chi connectivity index (χ1n) is 3.12. The molecule has 0 amide bonds. The average Bonchev–Trinajstić information content (AvgIpc) is 2.08. The highest BCUT2D eigenvalue weighted by Crippen LogP contribution is 2.05. The first-order chi connectivity index (χ1) is 5.65. The van der Waals surface area contributed by atoms with Crippen molar-refractivity contribution in [3.05, 3.63) is 33.2 Å². The zero-order valence-electron chi connectivity index (χ0n) is 5.93. The summed E-state index contributed by atoms with van der Waals surface area (Å²) in [6.45, 7) is 0. The van der Waals surface area contributed by atoms with Crippen LogP contribution >= 0.6 is 23.2 Å². The molecule has 1 N–H and O–H groups in total. The standard InChI is InChI=1S/C7H5Cl2NO2/c8-2-6(11)4-1-5(9)7(12)10-3-4/h1,3H,2H2,(H,10,12). The van der Waals surface area contributed by atoms with Gasteiger partial charge in [-0.25, -0.2) is 0 Å². The van der Waals surface area contributed by atoms with E-state index in [-0.39, 0.29) is 16.7 Å². The summed E-state index contributed by atoms with van der Waals surface area (Å²) in [4.78, 5) is 24.0. The largest absolute Gasteiger partial charge is 0.327 e. The molecular formula is C7H5Cl2NO2. The molecule has 0 fully saturated rings. The van der Waals surface area contributed by atoms with Crippen molar-refractivity contribution >= 4 is 29.0 Å². The SMILES string of the molecule is O=C(CCl)c1c[nH]c(=O)c(Cl)c1. The third-order valence-corrected chi connectivity index (χ3v) is 1.82. The fraction of sp³-hybridized carbons (Fsp3) is 0.143. The van der Waals surface area contributed by atoms with Gasteiger partial charge in [-0.05, 0) is 6.07 Å². The van der Waals surface area contributed by atoms with Crippen molar-refractivity contribution in [2.24, 2.45) is 0 Å². The van der Waals surface area contributed by atoms with Gasteiger partial charge in [0.05, 0.1) is 5.88 Å². The Kier molecular flexibility index (Phi) is 2.89. The van der Waals surface area contributed by atoms with Crippen molar-refractivity contribution in [2.45, 2.75) is 0 Å². The van der Waals surface area contributed by atoms with Crippen LogP contribution in [0.5, 0.6) is 0 Å². The Morgan fingerprint density at radius 1 is 1.58 bits per heavy atom. The van der Waals surface area contributed by atoms with Gasteiger partial charge in [0, 0.05) is 11.8 Å². The lowest BCUT2D eigenvalue weighted by atomic mass is 10.2. The van der Waals surface area contributed by atoms with E-state index < -0.39 is 5.56 Å². The molecule has 12 heavy (non-hydrogen) atoms. The fourth-order valence-electron chi connectivity index (χ4n) is 0.694. The molecule has 0 aliphatic rings. The molecule has 0 unspecified atom stereocenters. The number of hydrogen-bond acceptors (Lipinski definition) is 2. The van der Waals surface area contributed by atoms with Gasteiger partial charge in [-0.2, -0.15) is 0 Å². The zero-order chi connectivity index (χ0) is 9.14. The normalized spacial score (nSPS) is 9.83. The molecule has 0 saturated carbocycles. The second kappa shape index (κ2) is 3.74. The van der Waals surface area contributed by atoms with E-state index in [9.17, 15) is 9.59 Å². The minimum Gasteiger partial charge on any atom is -0.327 e. The summed E-state index contributed by atoms with van der Waals surface area (Å²) >= 11 is 10.8. The van der Waals surface area contributed by atoms with Gasteiger partial charge < -0.3 is 4.98 Å². The van der Waals surface area contributed by atoms with E-state index >= 15 is 0 Å². The van der Waals surface area contributed by atoms with Gasteiger partial charge in [-0.3, -0.25) is 9.59 Å². The molecule has 0 aromatic carbocycles. The number of aromatic amines is 1. The monoisotopic (exact) mass is 205 g/mol. The number of alkyl halides is 1. The quantitative estimate of drug-likeness (QED) is 0.588. The van der Waals surface area contributed by atoms with Gasteiger partial charge in [0.25, 0.3) is 5.56 Å². The Morgan fingerprint density at radius 2 is 2.25 bits per heavy atom. The summed E-state index contributed by atoms with van der Waals surface area (Å²) < 4.78 is 0. The third-order valence-electron chi connectivity index (χ3n) is 1.30. The summed E-state index contributed by atoms with van der Waals surface area (Å²) in [6, 6.07) is 1.30. The second-order valence-electron chi connectivity index (χ2n) is 2.12. The molecule has 0 radical (unpaired) electrons. The van der Waals surface area contributed by atoms with Gasteiger partial charge in [0.15, 0.2) is 5.78 Å². The minimum atomic E-state index is -0.414. The van der Waals surface area contributed by atoms with E-state index in [0.717, 1.165) is 0 Å². The van der Waals surface area contributed by atoms with Crippen LogP contribution in [-0.4, -0.2) is 16.6 Å². The molecule has 0 aliphatic heterocycles. The van der Waals surface area contributed by atoms with Crippen LogP contribution in [0.2, 0.25) is 5.02 Å². The Balaban J connectivity index is 3.13. The maximum absolute atomic E-state index is 11.0.